The molecule has 3 aromatic rings. The van der Waals surface area contributed by atoms with E-state index >= 15 is 0 Å². The molecule has 39 heavy (non-hydrogen) atoms. The zero-order valence-corrected chi connectivity index (χ0v) is 23.2. The Morgan fingerprint density at radius 3 is 2.64 bits per heavy atom. The van der Waals surface area contributed by atoms with Crippen LogP contribution in [-0.2, 0) is 17.3 Å². The topological polar surface area (TPSA) is 92.6 Å². The lowest BCUT2D eigenvalue weighted by Gasteiger charge is -2.47. The lowest BCUT2D eigenvalue weighted by molar-refractivity contribution is -0.124. The molecule has 1 saturated heterocycles. The highest BCUT2D eigenvalue weighted by molar-refractivity contribution is 6.30. The number of carbonyl (C=O) groups is 2. The lowest BCUT2D eigenvalue weighted by atomic mass is 9.74. The van der Waals surface area contributed by atoms with Crippen molar-refractivity contribution in [3.05, 3.63) is 64.7 Å². The number of pyridine rings is 1. The van der Waals surface area contributed by atoms with Gasteiger partial charge in [0, 0.05) is 50.8 Å². The number of rotatable bonds is 6. The molecule has 0 unspecified atom stereocenters. The maximum atomic E-state index is 14.0. The number of ether oxygens (including phenoxy) is 1. The van der Waals surface area contributed by atoms with Gasteiger partial charge >= 0.3 is 0 Å². The molecule has 2 fully saturated rings. The molecule has 1 saturated carbocycles. The van der Waals surface area contributed by atoms with Gasteiger partial charge in [-0.05, 0) is 68.4 Å². The molecule has 204 valence electrons. The van der Waals surface area contributed by atoms with E-state index in [0.29, 0.717) is 41.8 Å². The number of amides is 2. The fourth-order valence-corrected chi connectivity index (χ4v) is 6.50. The fraction of sp³-hybridized carbons (Fsp3) is 0.448. The van der Waals surface area contributed by atoms with Gasteiger partial charge in [0.15, 0.2) is 0 Å². The third-order valence-electron chi connectivity index (χ3n) is 8.56. The summed E-state index contributed by atoms with van der Waals surface area (Å²) in [7, 11) is 3.56. The fourth-order valence-electron chi connectivity index (χ4n) is 6.34. The molecule has 0 bridgehead atoms. The van der Waals surface area contributed by atoms with Gasteiger partial charge < -0.3 is 19.9 Å². The second-order valence-corrected chi connectivity index (χ2v) is 11.5. The number of benzene rings is 1. The molecular formula is C29H33ClN6O3. The Labute approximate surface area is 233 Å². The van der Waals surface area contributed by atoms with Gasteiger partial charge in [0.1, 0.15) is 11.2 Å². The minimum absolute atomic E-state index is 0.101. The van der Waals surface area contributed by atoms with Gasteiger partial charge in [-0.3, -0.25) is 19.3 Å². The Morgan fingerprint density at radius 1 is 1.18 bits per heavy atom. The highest BCUT2D eigenvalue weighted by Crippen LogP contribution is 2.50. The number of nitrogens with zero attached hydrogens (tertiary/aromatic N) is 5. The van der Waals surface area contributed by atoms with Gasteiger partial charge in [-0.25, -0.2) is 0 Å². The molecule has 2 aromatic heterocycles. The molecule has 2 aliphatic heterocycles. The number of hydrogen-bond donors (Lipinski definition) is 1. The van der Waals surface area contributed by atoms with Crippen molar-refractivity contribution in [2.75, 3.05) is 36.5 Å². The molecule has 3 aliphatic rings. The summed E-state index contributed by atoms with van der Waals surface area (Å²) < 4.78 is 7.31. The summed E-state index contributed by atoms with van der Waals surface area (Å²) in [6, 6.07) is 7.77. The molecule has 1 aromatic carbocycles. The number of hydrogen-bond acceptors (Lipinski definition) is 6. The number of methoxy groups -OCH3 is 1. The first-order chi connectivity index (χ1) is 18.8. The van der Waals surface area contributed by atoms with Crippen molar-refractivity contribution in [3.8, 4) is 5.75 Å². The van der Waals surface area contributed by atoms with E-state index in [2.05, 4.69) is 20.3 Å². The number of nitrogens with one attached hydrogen (secondary N) is 1. The van der Waals surface area contributed by atoms with Crippen molar-refractivity contribution >= 4 is 34.8 Å². The molecule has 6 rings (SSSR count). The van der Waals surface area contributed by atoms with E-state index in [-0.39, 0.29) is 17.9 Å². The summed E-state index contributed by atoms with van der Waals surface area (Å²) in [5.74, 6) is 1.18. The monoisotopic (exact) mass is 548 g/mol. The first-order valence-electron chi connectivity index (χ1n) is 13.4. The van der Waals surface area contributed by atoms with Crippen LogP contribution in [0, 0.1) is 12.8 Å². The van der Waals surface area contributed by atoms with Gasteiger partial charge in [0.25, 0.3) is 5.91 Å². The average Bonchev–Trinajstić information content (AvgIpc) is 3.43. The summed E-state index contributed by atoms with van der Waals surface area (Å²) in [5, 5.41) is 7.91. The highest BCUT2D eigenvalue weighted by atomic mass is 35.5. The molecular weight excluding hydrogens is 516 g/mol. The van der Waals surface area contributed by atoms with Crippen LogP contribution in [0.15, 0.2) is 42.9 Å². The first kappa shape index (κ1) is 25.7. The van der Waals surface area contributed by atoms with Crippen LogP contribution in [-0.4, -0.2) is 59.4 Å². The standard InChI is InChI=1S/C29H33ClN6O3/c1-18-24(10-20(30)12-31-18)27(37)33-21-6-4-19(5-7-21)14-36-26-9-8-23(39-3)11-25(26)29(28(36)38)16-35(17-29)22-13-32-34(2)15-22/h8-13,15,19,21H,4-7,14,16-17H2,1-3H3,(H,33,37)/t19-,21-. The first-order valence-corrected chi connectivity index (χ1v) is 13.8. The van der Waals surface area contributed by atoms with Crippen LogP contribution in [0.5, 0.6) is 5.75 Å². The van der Waals surface area contributed by atoms with E-state index in [9.17, 15) is 9.59 Å². The SMILES string of the molecule is COc1ccc2c(c1)C1(CN(c3cnn(C)c3)C1)C(=O)N2C[C@H]1CC[C@H](NC(=O)c2cc(Cl)cnc2C)CC1. The van der Waals surface area contributed by atoms with Crippen molar-refractivity contribution < 1.29 is 14.3 Å². The van der Waals surface area contributed by atoms with Crippen molar-refractivity contribution in [1.29, 1.82) is 0 Å². The molecule has 2 amide bonds. The van der Waals surface area contributed by atoms with Crippen molar-refractivity contribution in [1.82, 2.24) is 20.1 Å². The summed E-state index contributed by atoms with van der Waals surface area (Å²) in [5.41, 5.74) is 3.70. The summed E-state index contributed by atoms with van der Waals surface area (Å²) in [4.78, 5) is 35.3. The zero-order valence-electron chi connectivity index (χ0n) is 22.5. The molecule has 10 heteroatoms. The largest absolute Gasteiger partial charge is 0.497 e. The van der Waals surface area contributed by atoms with E-state index in [1.165, 1.54) is 0 Å². The quantitative estimate of drug-likeness (QED) is 0.502. The Morgan fingerprint density at radius 2 is 1.95 bits per heavy atom. The van der Waals surface area contributed by atoms with Crippen LogP contribution >= 0.6 is 11.6 Å². The minimum atomic E-state index is -0.562. The van der Waals surface area contributed by atoms with E-state index < -0.39 is 5.41 Å². The summed E-state index contributed by atoms with van der Waals surface area (Å²) >= 11 is 6.06. The molecule has 1 N–H and O–H groups in total. The van der Waals surface area contributed by atoms with Gasteiger partial charge in [-0.1, -0.05) is 11.6 Å². The van der Waals surface area contributed by atoms with E-state index in [1.807, 2.05) is 49.5 Å². The number of aromatic nitrogens is 3. The number of anilines is 2. The number of halogens is 1. The number of aryl methyl sites for hydroxylation is 2. The molecule has 1 aliphatic carbocycles. The third-order valence-corrected chi connectivity index (χ3v) is 8.77. The second kappa shape index (κ2) is 9.86. The summed E-state index contributed by atoms with van der Waals surface area (Å²) in [6.07, 6.45) is 9.03. The van der Waals surface area contributed by atoms with Crippen molar-refractivity contribution in [3.63, 3.8) is 0 Å². The predicted molar refractivity (Wildman–Crippen MR) is 150 cm³/mol. The van der Waals surface area contributed by atoms with Crippen LogP contribution in [0.2, 0.25) is 5.02 Å². The number of carbonyl (C=O) groups excluding carboxylic acids is 2. The molecule has 4 heterocycles. The molecule has 9 nitrogen and oxygen atoms in total. The van der Waals surface area contributed by atoms with Crippen LogP contribution in [0.1, 0.15) is 47.3 Å². The molecule has 0 atom stereocenters. The molecule has 0 radical (unpaired) electrons. The van der Waals surface area contributed by atoms with Crippen molar-refractivity contribution in [2.45, 2.75) is 44.1 Å². The van der Waals surface area contributed by atoms with Crippen molar-refractivity contribution in [2.24, 2.45) is 13.0 Å². The second-order valence-electron chi connectivity index (χ2n) is 11.1. The Kier molecular flexibility index (Phi) is 6.49. The third kappa shape index (κ3) is 4.52. The zero-order chi connectivity index (χ0) is 27.3. The number of fused-ring (bicyclic) bond motifs is 2. The van der Waals surface area contributed by atoms with Crippen LogP contribution in [0.3, 0.4) is 0 Å². The highest BCUT2D eigenvalue weighted by Gasteiger charge is 2.58. The normalized spacial score (nSPS) is 21.6. The minimum Gasteiger partial charge on any atom is -0.497 e. The maximum absolute atomic E-state index is 14.0. The maximum Gasteiger partial charge on any atom is 0.253 e. The Balaban J connectivity index is 1.13. The lowest BCUT2D eigenvalue weighted by Crippen LogP contribution is -2.64. The van der Waals surface area contributed by atoms with E-state index in [4.69, 9.17) is 16.3 Å². The van der Waals surface area contributed by atoms with Gasteiger partial charge in [-0.2, -0.15) is 5.10 Å². The Hall–Kier alpha value is -3.59. The predicted octanol–water partition coefficient (Wildman–Crippen LogP) is 3.88. The Bertz CT molecular complexity index is 1420. The van der Waals surface area contributed by atoms with Gasteiger partial charge in [0.2, 0.25) is 5.91 Å². The molecule has 1 spiro atoms. The van der Waals surface area contributed by atoms with E-state index in [0.717, 1.165) is 48.4 Å². The smallest absolute Gasteiger partial charge is 0.253 e. The van der Waals surface area contributed by atoms with Crippen LogP contribution in [0.25, 0.3) is 0 Å². The van der Waals surface area contributed by atoms with Crippen LogP contribution in [0.4, 0.5) is 11.4 Å². The van der Waals surface area contributed by atoms with E-state index in [1.54, 1.807) is 24.1 Å². The summed E-state index contributed by atoms with van der Waals surface area (Å²) in [6.45, 7) is 3.76. The van der Waals surface area contributed by atoms with Gasteiger partial charge in [0.05, 0.1) is 35.3 Å². The van der Waals surface area contributed by atoms with Gasteiger partial charge in [-0.15, -0.1) is 0 Å². The average molecular weight is 549 g/mol. The van der Waals surface area contributed by atoms with Crippen LogP contribution < -0.4 is 19.9 Å².